The van der Waals surface area contributed by atoms with Gasteiger partial charge in [0, 0.05) is 57.3 Å². The van der Waals surface area contributed by atoms with Crippen molar-refractivity contribution in [1.82, 2.24) is 28.8 Å². The van der Waals surface area contributed by atoms with Crippen LogP contribution in [-0.4, -0.2) is 28.8 Å². The van der Waals surface area contributed by atoms with Crippen molar-refractivity contribution < 1.29 is 22.3 Å². The highest BCUT2D eigenvalue weighted by Crippen LogP contribution is 2.53. The van der Waals surface area contributed by atoms with Crippen LogP contribution in [0.2, 0.25) is 20.1 Å². The number of aromatic nitrogens is 6. The number of H-pyrrole nitrogens is 1. The fraction of sp³-hybridized carbons (Fsp3) is 0.122. The van der Waals surface area contributed by atoms with Crippen LogP contribution >= 0.6 is 58.2 Å². The van der Waals surface area contributed by atoms with Gasteiger partial charge in [-0.15, -0.1) is 11.8 Å². The Kier molecular flexibility index (Phi) is 10.2. The second-order valence-corrected chi connectivity index (χ2v) is 16.3. The highest BCUT2D eigenvalue weighted by molar-refractivity contribution is 7.98. The van der Waals surface area contributed by atoms with Crippen LogP contribution < -0.4 is 15.9 Å². The molecular weight excluding hydrogens is 874 g/mol. The van der Waals surface area contributed by atoms with Crippen LogP contribution in [0.3, 0.4) is 0 Å². The van der Waals surface area contributed by atoms with E-state index >= 15 is 8.78 Å². The van der Waals surface area contributed by atoms with Gasteiger partial charge in [0.2, 0.25) is 0 Å². The molecule has 0 radical (unpaired) electrons. The largest absolute Gasteiger partial charge is 0.486 e. The predicted octanol–water partition coefficient (Wildman–Crippen LogP) is 10.9. The average Bonchev–Trinajstić information content (AvgIpc) is 3.81. The predicted molar refractivity (Wildman–Crippen MR) is 219 cm³/mol. The molecule has 0 saturated heterocycles. The quantitative estimate of drug-likeness (QED) is 0.108. The second kappa shape index (κ2) is 15.4. The Bertz CT molecular complexity index is 3100. The Hall–Kier alpha value is -5.25. The molecule has 0 amide bonds. The molecule has 298 valence electrons. The summed E-state index contributed by atoms with van der Waals surface area (Å²) in [6, 6.07) is 14.5. The van der Waals surface area contributed by atoms with Gasteiger partial charge in [-0.3, -0.25) is 14.7 Å². The lowest BCUT2D eigenvalue weighted by Crippen LogP contribution is -2.20. The molecule has 59 heavy (non-hydrogen) atoms. The standard InChI is InChI=1S/C41H24Cl4F4N6O3S/c42-25-3-1-4-26(43)33(25)35-38-51-14-23(16-53(38)52-40(35)56)59-18-20-8-10-29(47)32(37(20)49)24-12-31(24)55-41(57)36(34-27(44)5-2-6-28(34)45)39-50-13-22(15-54(39)55)58-17-19-7-9-21(46)11-30(19)48/h1-11,13-16,24,31H,12,17-18H2,(H,52,56). The highest BCUT2D eigenvalue weighted by atomic mass is 35.5. The van der Waals surface area contributed by atoms with Gasteiger partial charge in [-0.05, 0) is 54.4 Å². The van der Waals surface area contributed by atoms with Crippen LogP contribution in [0.4, 0.5) is 17.6 Å². The van der Waals surface area contributed by atoms with E-state index < -0.39 is 46.3 Å². The zero-order chi connectivity index (χ0) is 41.3. The molecule has 1 aliphatic carbocycles. The number of fused-ring (bicyclic) bond motifs is 2. The number of nitrogens with one attached hydrogen (secondary N) is 1. The third-order valence-corrected chi connectivity index (χ3v) is 12.3. The van der Waals surface area contributed by atoms with Gasteiger partial charge >= 0.3 is 0 Å². The lowest BCUT2D eigenvalue weighted by Gasteiger charge is -2.12. The highest BCUT2D eigenvalue weighted by Gasteiger charge is 2.46. The van der Waals surface area contributed by atoms with Crippen LogP contribution in [0.15, 0.2) is 106 Å². The van der Waals surface area contributed by atoms with E-state index in [0.29, 0.717) is 10.5 Å². The second-order valence-electron chi connectivity index (χ2n) is 13.6. The minimum absolute atomic E-state index is 0.0603. The molecule has 0 spiro atoms. The molecule has 1 N–H and O–H groups in total. The maximum absolute atomic E-state index is 16.4. The number of nitrogens with zero attached hydrogens (tertiary/aromatic N) is 5. The van der Waals surface area contributed by atoms with Crippen molar-refractivity contribution in [2.75, 3.05) is 0 Å². The summed E-state index contributed by atoms with van der Waals surface area (Å²) in [5, 5.41) is 3.63. The van der Waals surface area contributed by atoms with Crippen molar-refractivity contribution >= 4 is 69.5 Å². The average molecular weight is 899 g/mol. The van der Waals surface area contributed by atoms with Crippen LogP contribution in [0.25, 0.3) is 33.5 Å². The lowest BCUT2D eigenvalue weighted by molar-refractivity contribution is 0.295. The molecule has 4 aromatic carbocycles. The number of ether oxygens (including phenoxy) is 1. The third-order valence-electron chi connectivity index (χ3n) is 10.0. The molecule has 9 nitrogen and oxygen atoms in total. The fourth-order valence-electron chi connectivity index (χ4n) is 7.16. The maximum Gasteiger partial charge on any atom is 0.277 e. The summed E-state index contributed by atoms with van der Waals surface area (Å²) in [4.78, 5) is 36.9. The zero-order valence-corrected chi connectivity index (χ0v) is 33.7. The van der Waals surface area contributed by atoms with E-state index in [1.165, 1.54) is 62.3 Å². The Labute approximate surface area is 354 Å². The molecule has 4 heterocycles. The molecule has 0 bridgehead atoms. The molecule has 2 atom stereocenters. The number of thioether (sulfide) groups is 1. The number of benzene rings is 4. The van der Waals surface area contributed by atoms with E-state index in [-0.39, 0.29) is 89.3 Å². The molecule has 1 aliphatic rings. The smallest absolute Gasteiger partial charge is 0.277 e. The van der Waals surface area contributed by atoms with Crippen LogP contribution in [0.1, 0.15) is 35.1 Å². The summed E-state index contributed by atoms with van der Waals surface area (Å²) < 4.78 is 69.9. The summed E-state index contributed by atoms with van der Waals surface area (Å²) in [7, 11) is 0. The maximum atomic E-state index is 16.4. The molecule has 9 rings (SSSR count). The van der Waals surface area contributed by atoms with E-state index in [9.17, 15) is 18.4 Å². The minimum Gasteiger partial charge on any atom is -0.486 e. The molecule has 18 heteroatoms. The van der Waals surface area contributed by atoms with E-state index in [1.54, 1.807) is 42.6 Å². The first-order valence-electron chi connectivity index (χ1n) is 17.7. The topological polar surface area (TPSA) is 98.7 Å². The van der Waals surface area contributed by atoms with Crippen LogP contribution in [0.5, 0.6) is 5.75 Å². The number of hydrogen-bond donors (Lipinski definition) is 1. The fourth-order valence-corrected chi connectivity index (χ4v) is 9.19. The first-order chi connectivity index (χ1) is 28.4. The van der Waals surface area contributed by atoms with Crippen molar-refractivity contribution in [2.24, 2.45) is 0 Å². The van der Waals surface area contributed by atoms with Crippen molar-refractivity contribution in [3.63, 3.8) is 0 Å². The number of rotatable bonds is 10. The molecule has 4 aromatic heterocycles. The van der Waals surface area contributed by atoms with Gasteiger partial charge in [-0.1, -0.05) is 64.6 Å². The van der Waals surface area contributed by atoms with Crippen molar-refractivity contribution in [1.29, 1.82) is 0 Å². The molecule has 1 fully saturated rings. The molecular formula is C41H24Cl4F4N6O3S. The third kappa shape index (κ3) is 7.06. The summed E-state index contributed by atoms with van der Waals surface area (Å²) in [5.41, 5.74) is 0.303. The van der Waals surface area contributed by atoms with Gasteiger partial charge < -0.3 is 4.74 Å². The number of aromatic amines is 1. The summed E-state index contributed by atoms with van der Waals surface area (Å²) in [6.07, 6.45) is 6.11. The van der Waals surface area contributed by atoms with Crippen LogP contribution in [-0.2, 0) is 12.4 Å². The number of halogens is 8. The van der Waals surface area contributed by atoms with Gasteiger partial charge in [0.15, 0.2) is 17.0 Å². The molecule has 1 saturated carbocycles. The van der Waals surface area contributed by atoms with E-state index in [4.69, 9.17) is 51.1 Å². The normalized spacial score (nSPS) is 15.1. The Balaban J connectivity index is 1.03. The summed E-state index contributed by atoms with van der Waals surface area (Å²) >= 11 is 27.1. The molecule has 8 aromatic rings. The monoisotopic (exact) mass is 896 g/mol. The van der Waals surface area contributed by atoms with Crippen molar-refractivity contribution in [3.8, 4) is 28.0 Å². The van der Waals surface area contributed by atoms with Crippen molar-refractivity contribution in [2.45, 2.75) is 35.6 Å². The van der Waals surface area contributed by atoms with Gasteiger partial charge in [-0.2, -0.15) is 0 Å². The SMILES string of the molecule is O=c1[nH]n2cc(SCc3ccc(F)c(C4CC4n4c(=O)c(-c5c(Cl)cccc5Cl)c5ncc(OCc6ccc(F)cc6F)cn54)c3F)cnc2c1-c1c(Cl)cccc1Cl. The first-order valence-corrected chi connectivity index (χ1v) is 20.2. The van der Waals surface area contributed by atoms with E-state index in [0.717, 1.165) is 12.1 Å². The number of hydrogen-bond acceptors (Lipinski definition) is 6. The molecule has 2 unspecified atom stereocenters. The molecule has 0 aliphatic heterocycles. The first kappa shape index (κ1) is 39.2. The Morgan fingerprint density at radius 2 is 1.42 bits per heavy atom. The van der Waals surface area contributed by atoms with Gasteiger partial charge in [0.25, 0.3) is 11.1 Å². The zero-order valence-electron chi connectivity index (χ0n) is 29.8. The van der Waals surface area contributed by atoms with Gasteiger partial charge in [0.1, 0.15) is 29.9 Å². The Morgan fingerprint density at radius 1 is 0.763 bits per heavy atom. The minimum atomic E-state index is -0.804. The van der Waals surface area contributed by atoms with Crippen LogP contribution in [0, 0.1) is 23.3 Å². The summed E-state index contributed by atoms with van der Waals surface area (Å²) in [5.74, 6) is -3.67. The van der Waals surface area contributed by atoms with Gasteiger partial charge in [0.05, 0.1) is 49.7 Å². The van der Waals surface area contributed by atoms with E-state index in [1.807, 2.05) is 0 Å². The van der Waals surface area contributed by atoms with Gasteiger partial charge in [-0.25, -0.2) is 41.2 Å². The van der Waals surface area contributed by atoms with Crippen molar-refractivity contribution in [3.05, 3.63) is 172 Å². The lowest BCUT2D eigenvalue weighted by atomic mass is 10.1. The summed E-state index contributed by atoms with van der Waals surface area (Å²) in [6.45, 7) is -0.285. The van der Waals surface area contributed by atoms with E-state index in [2.05, 4.69) is 15.1 Å². The Morgan fingerprint density at radius 3 is 2.12 bits per heavy atom.